The molecule has 1 aromatic rings. The molecule has 0 saturated carbocycles. The third-order valence-corrected chi connectivity index (χ3v) is 3.07. The zero-order valence-corrected chi connectivity index (χ0v) is 14.2. The molecule has 0 atom stereocenters. The summed E-state index contributed by atoms with van der Waals surface area (Å²) in [4.78, 5) is 13.8. The van der Waals surface area contributed by atoms with E-state index >= 15 is 0 Å². The van der Waals surface area contributed by atoms with Crippen LogP contribution in [0.4, 0.5) is 10.5 Å². The second-order valence-electron chi connectivity index (χ2n) is 5.54. The van der Waals surface area contributed by atoms with Crippen LogP contribution in [0.3, 0.4) is 0 Å². The lowest BCUT2D eigenvalue weighted by molar-refractivity contribution is 0.0570. The summed E-state index contributed by atoms with van der Waals surface area (Å²) < 4.78 is 6.29. The molecule has 106 valence electrons. The Morgan fingerprint density at radius 1 is 1.37 bits per heavy atom. The topological polar surface area (TPSA) is 29.5 Å². The van der Waals surface area contributed by atoms with Gasteiger partial charge < -0.3 is 4.74 Å². The van der Waals surface area contributed by atoms with Crippen LogP contribution in [-0.2, 0) is 4.74 Å². The number of rotatable bonds is 2. The van der Waals surface area contributed by atoms with E-state index in [0.717, 1.165) is 4.47 Å². The molecule has 0 heterocycles. The van der Waals surface area contributed by atoms with Crippen molar-refractivity contribution in [2.45, 2.75) is 46.3 Å². The van der Waals surface area contributed by atoms with Gasteiger partial charge >= 0.3 is 6.09 Å². The molecule has 0 bridgehead atoms. The molecule has 0 unspecified atom stereocenters. The molecule has 0 radical (unpaired) electrons. The molecular weight excluding hydrogens is 330 g/mol. The first-order chi connectivity index (χ1) is 8.61. The highest BCUT2D eigenvalue weighted by Gasteiger charge is 2.26. The Morgan fingerprint density at radius 3 is 2.37 bits per heavy atom. The molecule has 5 heteroatoms. The monoisotopic (exact) mass is 347 g/mol. The second-order valence-corrected chi connectivity index (χ2v) is 6.86. The summed E-state index contributed by atoms with van der Waals surface area (Å²) >= 11 is 9.55. The van der Waals surface area contributed by atoms with Crippen molar-refractivity contribution in [1.82, 2.24) is 0 Å². The van der Waals surface area contributed by atoms with Gasteiger partial charge in [0.1, 0.15) is 5.60 Å². The Labute approximate surface area is 128 Å². The molecule has 0 aliphatic carbocycles. The maximum absolute atomic E-state index is 12.3. The van der Waals surface area contributed by atoms with Gasteiger partial charge in [-0.3, -0.25) is 4.90 Å². The minimum Gasteiger partial charge on any atom is -0.443 e. The predicted octanol–water partition coefficient (Wildman–Crippen LogP) is 5.25. The Morgan fingerprint density at radius 2 is 1.95 bits per heavy atom. The molecule has 0 N–H and O–H groups in total. The Hall–Kier alpha value is -0.740. The highest BCUT2D eigenvalue weighted by atomic mass is 79.9. The van der Waals surface area contributed by atoms with Crippen molar-refractivity contribution >= 4 is 39.3 Å². The zero-order valence-electron chi connectivity index (χ0n) is 11.8. The Balaban J connectivity index is 3.11. The second kappa shape index (κ2) is 6.14. The number of ether oxygens (including phenoxy) is 1. The molecular formula is C14H19BrClNO2. The number of nitrogens with zero attached hydrogens (tertiary/aromatic N) is 1. The third kappa shape index (κ3) is 4.69. The van der Waals surface area contributed by atoms with Gasteiger partial charge in [0.15, 0.2) is 0 Å². The lowest BCUT2D eigenvalue weighted by Gasteiger charge is -2.30. The Kier molecular flexibility index (Phi) is 5.27. The number of anilines is 1. The quantitative estimate of drug-likeness (QED) is 0.730. The van der Waals surface area contributed by atoms with Crippen LogP contribution in [0.1, 0.15) is 34.6 Å². The van der Waals surface area contributed by atoms with E-state index in [1.54, 1.807) is 17.0 Å². The van der Waals surface area contributed by atoms with Gasteiger partial charge in [-0.2, -0.15) is 0 Å². The van der Waals surface area contributed by atoms with Gasteiger partial charge in [-0.25, -0.2) is 4.79 Å². The predicted molar refractivity (Wildman–Crippen MR) is 83.0 cm³/mol. The average molecular weight is 349 g/mol. The van der Waals surface area contributed by atoms with E-state index < -0.39 is 11.7 Å². The van der Waals surface area contributed by atoms with Crippen molar-refractivity contribution in [2.75, 3.05) is 4.90 Å². The maximum atomic E-state index is 12.3. The number of halogens is 2. The van der Waals surface area contributed by atoms with Crippen molar-refractivity contribution in [1.29, 1.82) is 0 Å². The summed E-state index contributed by atoms with van der Waals surface area (Å²) in [6, 6.07) is 5.36. The molecule has 0 fully saturated rings. The van der Waals surface area contributed by atoms with Crippen molar-refractivity contribution in [3.05, 3.63) is 27.7 Å². The van der Waals surface area contributed by atoms with Crippen LogP contribution in [0.15, 0.2) is 22.7 Å². The van der Waals surface area contributed by atoms with Crippen molar-refractivity contribution in [3.63, 3.8) is 0 Å². The van der Waals surface area contributed by atoms with Gasteiger partial charge in [-0.05, 0) is 52.8 Å². The van der Waals surface area contributed by atoms with Crippen LogP contribution in [0.2, 0.25) is 5.02 Å². The van der Waals surface area contributed by atoms with E-state index in [1.165, 1.54) is 0 Å². The SMILES string of the molecule is CC(C)N(C(=O)OC(C)(C)C)c1ccc(Br)cc1Cl. The van der Waals surface area contributed by atoms with Crippen LogP contribution in [0, 0.1) is 0 Å². The fourth-order valence-electron chi connectivity index (χ4n) is 1.58. The minimum atomic E-state index is -0.536. The lowest BCUT2D eigenvalue weighted by Crippen LogP contribution is -2.41. The van der Waals surface area contributed by atoms with Gasteiger partial charge in [0.2, 0.25) is 0 Å². The number of carbonyl (C=O) groups excluding carboxylic acids is 1. The van der Waals surface area contributed by atoms with Crippen LogP contribution in [-0.4, -0.2) is 17.7 Å². The summed E-state index contributed by atoms with van der Waals surface area (Å²) in [7, 11) is 0. The number of hydrogen-bond donors (Lipinski definition) is 0. The first-order valence-electron chi connectivity index (χ1n) is 6.09. The van der Waals surface area contributed by atoms with Crippen LogP contribution >= 0.6 is 27.5 Å². The van der Waals surface area contributed by atoms with E-state index in [0.29, 0.717) is 10.7 Å². The summed E-state index contributed by atoms with van der Waals surface area (Å²) in [6.45, 7) is 9.36. The van der Waals surface area contributed by atoms with E-state index in [9.17, 15) is 4.79 Å². The normalized spacial score (nSPS) is 11.6. The molecule has 1 rings (SSSR count). The first-order valence-corrected chi connectivity index (χ1v) is 7.26. The molecule has 1 amide bonds. The van der Waals surface area contributed by atoms with Crippen LogP contribution < -0.4 is 4.90 Å². The van der Waals surface area contributed by atoms with E-state index in [4.69, 9.17) is 16.3 Å². The lowest BCUT2D eigenvalue weighted by atomic mass is 10.2. The number of benzene rings is 1. The van der Waals surface area contributed by atoms with Gasteiger partial charge in [-0.15, -0.1) is 0 Å². The number of amides is 1. The molecule has 0 spiro atoms. The molecule has 0 aliphatic heterocycles. The minimum absolute atomic E-state index is 0.0477. The zero-order chi connectivity index (χ0) is 14.8. The van der Waals surface area contributed by atoms with Gasteiger partial charge in [0.05, 0.1) is 10.7 Å². The molecule has 0 aliphatic rings. The maximum Gasteiger partial charge on any atom is 0.415 e. The molecule has 19 heavy (non-hydrogen) atoms. The smallest absolute Gasteiger partial charge is 0.415 e. The van der Waals surface area contributed by atoms with E-state index in [-0.39, 0.29) is 6.04 Å². The van der Waals surface area contributed by atoms with Crippen molar-refractivity contribution in [2.24, 2.45) is 0 Å². The molecule has 3 nitrogen and oxygen atoms in total. The largest absolute Gasteiger partial charge is 0.443 e. The summed E-state index contributed by atoms with van der Waals surface area (Å²) in [5, 5.41) is 0.508. The van der Waals surface area contributed by atoms with Crippen LogP contribution in [0.5, 0.6) is 0 Å². The first kappa shape index (κ1) is 16.3. The molecule has 1 aromatic carbocycles. The highest BCUT2D eigenvalue weighted by molar-refractivity contribution is 9.10. The summed E-state index contributed by atoms with van der Waals surface area (Å²) in [6.07, 6.45) is -0.397. The van der Waals surface area contributed by atoms with Crippen molar-refractivity contribution in [3.8, 4) is 0 Å². The van der Waals surface area contributed by atoms with Crippen LogP contribution in [0.25, 0.3) is 0 Å². The average Bonchev–Trinajstić information content (AvgIpc) is 2.18. The van der Waals surface area contributed by atoms with Gasteiger partial charge in [0, 0.05) is 10.5 Å². The van der Waals surface area contributed by atoms with Crippen molar-refractivity contribution < 1.29 is 9.53 Å². The highest BCUT2D eigenvalue weighted by Crippen LogP contribution is 2.31. The third-order valence-electron chi connectivity index (χ3n) is 2.28. The van der Waals surface area contributed by atoms with Gasteiger partial charge in [-0.1, -0.05) is 27.5 Å². The summed E-state index contributed by atoms with van der Waals surface area (Å²) in [5.74, 6) is 0. The standard InChI is InChI=1S/C14H19BrClNO2/c1-9(2)17(13(18)19-14(3,4)5)12-7-6-10(15)8-11(12)16/h6-9H,1-5H3. The summed E-state index contributed by atoms with van der Waals surface area (Å²) in [5.41, 5.74) is 0.112. The van der Waals surface area contributed by atoms with E-state index in [1.807, 2.05) is 40.7 Å². The number of hydrogen-bond acceptors (Lipinski definition) is 2. The fourth-order valence-corrected chi connectivity index (χ4v) is 2.34. The fraction of sp³-hybridized carbons (Fsp3) is 0.500. The molecule has 0 aromatic heterocycles. The van der Waals surface area contributed by atoms with E-state index in [2.05, 4.69) is 15.9 Å². The van der Waals surface area contributed by atoms with Gasteiger partial charge in [0.25, 0.3) is 0 Å². The molecule has 0 saturated heterocycles. The number of carbonyl (C=O) groups is 1. The Bertz CT molecular complexity index is 469.